The molecule has 0 radical (unpaired) electrons. The molecule has 1 atom stereocenters. The monoisotopic (exact) mass is 367 g/mol. The average Bonchev–Trinajstić information content (AvgIpc) is 2.30. The maximum absolute atomic E-state index is 4.41. The highest BCUT2D eigenvalue weighted by molar-refractivity contribution is 14.0. The van der Waals surface area contributed by atoms with Gasteiger partial charge in [0.05, 0.1) is 0 Å². The van der Waals surface area contributed by atoms with Gasteiger partial charge in [-0.1, -0.05) is 27.2 Å². The van der Waals surface area contributed by atoms with Crippen LogP contribution in [0.5, 0.6) is 0 Å². The molecule has 1 saturated heterocycles. The van der Waals surface area contributed by atoms with Crippen molar-refractivity contribution in [2.24, 2.45) is 10.4 Å². The quantitative estimate of drug-likeness (QED) is 0.468. The first kappa shape index (κ1) is 18.0. The Morgan fingerprint density at radius 2 is 2.06 bits per heavy atom. The summed E-state index contributed by atoms with van der Waals surface area (Å²) in [4.78, 5) is 6.85. The second-order valence-electron chi connectivity index (χ2n) is 5.56. The fraction of sp³-hybridized carbons (Fsp3) is 0.929. The zero-order valence-electron chi connectivity index (χ0n) is 12.5. The summed E-state index contributed by atoms with van der Waals surface area (Å²) < 4.78 is 0. The topological polar surface area (TPSA) is 27.6 Å². The first-order chi connectivity index (χ1) is 8.15. The smallest absolute Gasteiger partial charge is 0.193 e. The highest BCUT2D eigenvalue weighted by atomic mass is 127. The van der Waals surface area contributed by atoms with Gasteiger partial charge in [-0.15, -0.1) is 24.0 Å². The maximum Gasteiger partial charge on any atom is 0.193 e. The molecule has 1 unspecified atom stereocenters. The van der Waals surface area contributed by atoms with Crippen molar-refractivity contribution in [3.05, 3.63) is 0 Å². The van der Waals surface area contributed by atoms with Crippen LogP contribution in [-0.2, 0) is 0 Å². The predicted molar refractivity (Wildman–Crippen MR) is 90.9 cm³/mol. The standard InChI is InChI=1S/C14H29N3.HI/c1-5-8-14(3)9-7-11-17(12-14)13(15-4)16-10-6-2;/h5-12H2,1-4H3,(H,15,16);1H. The lowest BCUT2D eigenvalue weighted by Crippen LogP contribution is -2.49. The fourth-order valence-electron chi connectivity index (χ4n) is 2.87. The van der Waals surface area contributed by atoms with Crippen molar-refractivity contribution in [2.75, 3.05) is 26.7 Å². The van der Waals surface area contributed by atoms with Crippen molar-refractivity contribution in [1.82, 2.24) is 10.2 Å². The van der Waals surface area contributed by atoms with E-state index in [0.29, 0.717) is 5.41 Å². The minimum Gasteiger partial charge on any atom is -0.356 e. The van der Waals surface area contributed by atoms with Crippen LogP contribution in [0.15, 0.2) is 4.99 Å². The molecule has 4 heteroatoms. The van der Waals surface area contributed by atoms with E-state index in [4.69, 9.17) is 0 Å². The van der Waals surface area contributed by atoms with Crippen molar-refractivity contribution >= 4 is 29.9 Å². The van der Waals surface area contributed by atoms with Gasteiger partial charge in [0.1, 0.15) is 0 Å². The van der Waals surface area contributed by atoms with Crippen LogP contribution >= 0.6 is 24.0 Å². The lowest BCUT2D eigenvalue weighted by molar-refractivity contribution is 0.142. The summed E-state index contributed by atoms with van der Waals surface area (Å²) in [6.07, 6.45) is 6.42. The van der Waals surface area contributed by atoms with Crippen LogP contribution in [-0.4, -0.2) is 37.5 Å². The third-order valence-corrected chi connectivity index (χ3v) is 3.68. The van der Waals surface area contributed by atoms with Crippen molar-refractivity contribution < 1.29 is 0 Å². The molecule has 0 saturated carbocycles. The van der Waals surface area contributed by atoms with Crippen LogP contribution in [0.25, 0.3) is 0 Å². The highest BCUT2D eigenvalue weighted by Gasteiger charge is 2.31. The molecule has 3 nitrogen and oxygen atoms in total. The minimum atomic E-state index is 0. The number of halogens is 1. The lowest BCUT2D eigenvalue weighted by atomic mass is 9.78. The molecule has 0 amide bonds. The van der Waals surface area contributed by atoms with Gasteiger partial charge in [0.2, 0.25) is 0 Å². The molecule has 1 aliphatic heterocycles. The first-order valence-corrected chi connectivity index (χ1v) is 7.11. The molecule has 0 bridgehead atoms. The van der Waals surface area contributed by atoms with E-state index in [2.05, 4.69) is 36.0 Å². The second-order valence-corrected chi connectivity index (χ2v) is 5.56. The number of nitrogens with one attached hydrogen (secondary N) is 1. The minimum absolute atomic E-state index is 0. The van der Waals surface area contributed by atoms with Crippen LogP contribution < -0.4 is 5.32 Å². The Bertz CT molecular complexity index is 251. The Hall–Kier alpha value is 0. The van der Waals surface area contributed by atoms with E-state index in [1.807, 2.05) is 7.05 Å². The number of hydrogen-bond acceptors (Lipinski definition) is 1. The SMILES string of the molecule is CCCNC(=NC)N1CCCC(C)(CCC)C1.I. The van der Waals surface area contributed by atoms with Gasteiger partial charge in [-0.25, -0.2) is 0 Å². The van der Waals surface area contributed by atoms with E-state index < -0.39 is 0 Å². The Morgan fingerprint density at radius 3 is 2.61 bits per heavy atom. The molecule has 1 aliphatic rings. The molecular formula is C14H30IN3. The van der Waals surface area contributed by atoms with E-state index in [1.54, 1.807) is 0 Å². The summed E-state index contributed by atoms with van der Waals surface area (Å²) >= 11 is 0. The number of likely N-dealkylation sites (tertiary alicyclic amines) is 1. The maximum atomic E-state index is 4.41. The van der Waals surface area contributed by atoms with E-state index in [1.165, 1.54) is 25.7 Å². The van der Waals surface area contributed by atoms with Crippen LogP contribution in [0.1, 0.15) is 52.9 Å². The third kappa shape index (κ3) is 5.33. The molecule has 0 aromatic heterocycles. The molecule has 1 rings (SSSR count). The van der Waals surface area contributed by atoms with Gasteiger partial charge in [0.15, 0.2) is 5.96 Å². The molecule has 108 valence electrons. The molecule has 1 heterocycles. The Kier molecular flexibility index (Phi) is 8.99. The molecule has 0 aliphatic carbocycles. The van der Waals surface area contributed by atoms with Crippen molar-refractivity contribution in [3.8, 4) is 0 Å². The van der Waals surface area contributed by atoms with Gasteiger partial charge in [0.25, 0.3) is 0 Å². The number of hydrogen-bond donors (Lipinski definition) is 1. The van der Waals surface area contributed by atoms with Crippen LogP contribution in [0.3, 0.4) is 0 Å². The largest absolute Gasteiger partial charge is 0.356 e. The third-order valence-electron chi connectivity index (χ3n) is 3.68. The molecule has 0 aromatic carbocycles. The van der Waals surface area contributed by atoms with Crippen molar-refractivity contribution in [1.29, 1.82) is 0 Å². The van der Waals surface area contributed by atoms with Gasteiger partial charge in [-0.3, -0.25) is 4.99 Å². The Balaban J connectivity index is 0.00000289. The van der Waals surface area contributed by atoms with Crippen molar-refractivity contribution in [2.45, 2.75) is 52.9 Å². The molecule has 0 spiro atoms. The molecule has 18 heavy (non-hydrogen) atoms. The summed E-state index contributed by atoms with van der Waals surface area (Å²) in [5.74, 6) is 1.09. The Labute approximate surface area is 130 Å². The number of aliphatic imine (C=N–C) groups is 1. The van der Waals surface area contributed by atoms with E-state index in [-0.39, 0.29) is 24.0 Å². The van der Waals surface area contributed by atoms with Crippen LogP contribution in [0.2, 0.25) is 0 Å². The van der Waals surface area contributed by atoms with Crippen molar-refractivity contribution in [3.63, 3.8) is 0 Å². The van der Waals surface area contributed by atoms with Gasteiger partial charge < -0.3 is 10.2 Å². The Morgan fingerprint density at radius 1 is 1.33 bits per heavy atom. The summed E-state index contributed by atoms with van der Waals surface area (Å²) in [5, 5.41) is 3.44. The number of piperidine rings is 1. The zero-order chi connectivity index (χ0) is 12.7. The summed E-state index contributed by atoms with van der Waals surface area (Å²) in [6.45, 7) is 10.2. The van der Waals surface area contributed by atoms with E-state index in [9.17, 15) is 0 Å². The van der Waals surface area contributed by atoms with Gasteiger partial charge in [-0.05, 0) is 31.1 Å². The lowest BCUT2D eigenvalue weighted by Gasteiger charge is -2.42. The second kappa shape index (κ2) is 8.99. The van der Waals surface area contributed by atoms with Gasteiger partial charge >= 0.3 is 0 Å². The van der Waals surface area contributed by atoms with Gasteiger partial charge in [-0.2, -0.15) is 0 Å². The fourth-order valence-corrected chi connectivity index (χ4v) is 2.87. The van der Waals surface area contributed by atoms with E-state index in [0.717, 1.165) is 32.0 Å². The normalized spacial score (nSPS) is 24.7. The molecule has 0 aromatic rings. The average molecular weight is 367 g/mol. The molecule has 1 N–H and O–H groups in total. The first-order valence-electron chi connectivity index (χ1n) is 7.11. The summed E-state index contributed by atoms with van der Waals surface area (Å²) in [5.41, 5.74) is 0.483. The summed E-state index contributed by atoms with van der Waals surface area (Å²) in [6, 6.07) is 0. The molecular weight excluding hydrogens is 337 g/mol. The number of guanidine groups is 1. The highest BCUT2D eigenvalue weighted by Crippen LogP contribution is 2.33. The number of nitrogens with zero attached hydrogens (tertiary/aromatic N) is 2. The van der Waals surface area contributed by atoms with Crippen LogP contribution in [0, 0.1) is 5.41 Å². The van der Waals surface area contributed by atoms with Crippen LogP contribution in [0.4, 0.5) is 0 Å². The summed E-state index contributed by atoms with van der Waals surface area (Å²) in [7, 11) is 1.89. The van der Waals surface area contributed by atoms with E-state index >= 15 is 0 Å². The molecule has 1 fully saturated rings. The number of rotatable bonds is 4. The zero-order valence-corrected chi connectivity index (χ0v) is 14.8. The van der Waals surface area contributed by atoms with Gasteiger partial charge in [0, 0.05) is 26.7 Å². The predicted octanol–water partition coefficient (Wildman–Crippen LogP) is 3.49.